The van der Waals surface area contributed by atoms with Crippen LogP contribution in [0.3, 0.4) is 0 Å². The van der Waals surface area contributed by atoms with Crippen LogP contribution in [0.25, 0.3) is 0 Å². The molecular formula is C29H42O6. The standard InChI is InChI=1S/C29H42O6/c1-15(2)23-8-19-10-27(13-30)22-7-6-16(3)21(22)11-28(19,29(23,27)26(31)32)14-34-24-9-20-17(4)12-33-25(20)18(5)35-24/h8,13,15-22,24-25H,6-7,9-12,14H2,1-5H3,(H,31,32)/t16-,17-,18-,19+,20-,21-,22-,24-,25-,27+,28?,29?/m1/s1. The Bertz CT molecular complexity index is 943. The van der Waals surface area contributed by atoms with Crippen LogP contribution in [0.4, 0.5) is 0 Å². The number of rotatable bonds is 6. The highest BCUT2D eigenvalue weighted by molar-refractivity contribution is 5.90. The van der Waals surface area contributed by atoms with Crippen molar-refractivity contribution in [1.82, 2.24) is 0 Å². The molecular weight excluding hydrogens is 444 g/mol. The summed E-state index contributed by atoms with van der Waals surface area (Å²) in [6, 6.07) is 0. The first kappa shape index (κ1) is 24.1. The average molecular weight is 487 g/mol. The molecule has 3 saturated carbocycles. The fourth-order valence-corrected chi connectivity index (χ4v) is 10.3. The van der Waals surface area contributed by atoms with Gasteiger partial charge in [0.25, 0.3) is 0 Å². The van der Waals surface area contributed by atoms with E-state index in [9.17, 15) is 14.7 Å². The van der Waals surface area contributed by atoms with E-state index in [1.54, 1.807) is 0 Å². The summed E-state index contributed by atoms with van der Waals surface area (Å²) in [7, 11) is 0. The third-order valence-corrected chi connectivity index (χ3v) is 11.6. The second-order valence-electron chi connectivity index (χ2n) is 13.2. The van der Waals surface area contributed by atoms with Crippen molar-refractivity contribution >= 4 is 12.3 Å². The van der Waals surface area contributed by atoms with E-state index in [0.29, 0.717) is 36.7 Å². The topological polar surface area (TPSA) is 82.1 Å². The molecule has 1 N–H and O–H groups in total. The zero-order valence-electron chi connectivity index (χ0n) is 21.9. The molecule has 2 unspecified atom stereocenters. The monoisotopic (exact) mass is 486 g/mol. The number of carbonyl (C=O) groups is 2. The van der Waals surface area contributed by atoms with Crippen LogP contribution in [0.15, 0.2) is 11.6 Å². The van der Waals surface area contributed by atoms with E-state index in [0.717, 1.165) is 44.1 Å². The lowest BCUT2D eigenvalue weighted by atomic mass is 9.43. The normalized spacial score (nSPS) is 54.0. The number of aldehydes is 1. The Morgan fingerprint density at radius 2 is 1.97 bits per heavy atom. The molecule has 0 spiro atoms. The minimum atomic E-state index is -1.18. The molecule has 6 rings (SSSR count). The Morgan fingerprint density at radius 1 is 1.20 bits per heavy atom. The van der Waals surface area contributed by atoms with Crippen LogP contribution in [0, 0.1) is 57.7 Å². The molecule has 0 aromatic carbocycles. The molecule has 0 radical (unpaired) electrons. The molecule has 2 heterocycles. The quantitative estimate of drug-likeness (QED) is 0.432. The van der Waals surface area contributed by atoms with Gasteiger partial charge in [-0.15, -0.1) is 0 Å². The van der Waals surface area contributed by atoms with E-state index < -0.39 is 22.2 Å². The van der Waals surface area contributed by atoms with E-state index in [2.05, 4.69) is 40.7 Å². The number of ether oxygens (including phenoxy) is 3. The second-order valence-corrected chi connectivity index (χ2v) is 13.2. The van der Waals surface area contributed by atoms with Crippen LogP contribution in [-0.4, -0.2) is 49.1 Å². The van der Waals surface area contributed by atoms with Crippen LogP contribution in [0.1, 0.15) is 66.7 Å². The third-order valence-electron chi connectivity index (χ3n) is 11.6. The lowest BCUT2D eigenvalue weighted by Crippen LogP contribution is -2.63. The van der Waals surface area contributed by atoms with E-state index in [1.165, 1.54) is 0 Å². The van der Waals surface area contributed by atoms with Gasteiger partial charge >= 0.3 is 5.97 Å². The van der Waals surface area contributed by atoms with Crippen LogP contribution >= 0.6 is 0 Å². The molecule has 5 fully saturated rings. The van der Waals surface area contributed by atoms with Crippen molar-refractivity contribution in [3.05, 3.63) is 11.6 Å². The molecule has 194 valence electrons. The molecule has 0 aromatic rings. The summed E-state index contributed by atoms with van der Waals surface area (Å²) in [6.07, 6.45) is 7.32. The number of carboxylic acids is 1. The Hall–Kier alpha value is -1.24. The fraction of sp³-hybridized carbons (Fsp3) is 0.862. The first-order valence-corrected chi connectivity index (χ1v) is 13.9. The van der Waals surface area contributed by atoms with Crippen molar-refractivity contribution in [3.8, 4) is 0 Å². The van der Waals surface area contributed by atoms with Crippen molar-refractivity contribution in [2.24, 2.45) is 57.7 Å². The van der Waals surface area contributed by atoms with Gasteiger partial charge in [-0.3, -0.25) is 4.79 Å². The van der Waals surface area contributed by atoms with Gasteiger partial charge in [0.15, 0.2) is 6.29 Å². The van der Waals surface area contributed by atoms with Gasteiger partial charge < -0.3 is 24.1 Å². The summed E-state index contributed by atoms with van der Waals surface area (Å²) in [5.41, 5.74) is -1.65. The minimum Gasteiger partial charge on any atom is -0.481 e. The number of aliphatic carboxylic acids is 1. The predicted octanol–water partition coefficient (Wildman–Crippen LogP) is 4.71. The van der Waals surface area contributed by atoms with Crippen molar-refractivity contribution in [1.29, 1.82) is 0 Å². The van der Waals surface area contributed by atoms with Gasteiger partial charge in [0, 0.05) is 11.8 Å². The summed E-state index contributed by atoms with van der Waals surface area (Å²) in [4.78, 5) is 26.7. The lowest BCUT2D eigenvalue weighted by Gasteiger charge is -2.58. The van der Waals surface area contributed by atoms with E-state index in [1.807, 2.05) is 0 Å². The number of carboxylic acid groups (broad SMARTS) is 1. The molecule has 2 saturated heterocycles. The summed E-state index contributed by atoms with van der Waals surface area (Å²) >= 11 is 0. The van der Waals surface area contributed by atoms with Gasteiger partial charge in [-0.05, 0) is 67.6 Å². The smallest absolute Gasteiger partial charge is 0.315 e. The molecule has 35 heavy (non-hydrogen) atoms. The van der Waals surface area contributed by atoms with Gasteiger partial charge in [0.05, 0.1) is 30.8 Å². The number of fused-ring (bicyclic) bond motifs is 3. The molecule has 12 atom stereocenters. The number of hydrogen-bond donors (Lipinski definition) is 1. The first-order valence-electron chi connectivity index (χ1n) is 13.9. The zero-order valence-corrected chi connectivity index (χ0v) is 21.9. The van der Waals surface area contributed by atoms with E-state index >= 15 is 0 Å². The summed E-state index contributed by atoms with van der Waals surface area (Å²) < 4.78 is 18.9. The Balaban J connectivity index is 1.39. The highest BCUT2D eigenvalue weighted by Gasteiger charge is 2.84. The van der Waals surface area contributed by atoms with Gasteiger partial charge in [0.1, 0.15) is 11.7 Å². The predicted molar refractivity (Wildman–Crippen MR) is 129 cm³/mol. The van der Waals surface area contributed by atoms with Crippen molar-refractivity contribution in [2.45, 2.75) is 85.2 Å². The van der Waals surface area contributed by atoms with Crippen LogP contribution < -0.4 is 0 Å². The van der Waals surface area contributed by atoms with Crippen LogP contribution in [0.5, 0.6) is 0 Å². The molecule has 6 nitrogen and oxygen atoms in total. The van der Waals surface area contributed by atoms with Crippen LogP contribution in [-0.2, 0) is 23.8 Å². The van der Waals surface area contributed by atoms with Crippen LogP contribution in [0.2, 0.25) is 0 Å². The zero-order chi connectivity index (χ0) is 24.9. The number of hydrogen-bond acceptors (Lipinski definition) is 5. The maximum atomic E-state index is 13.5. The summed E-state index contributed by atoms with van der Waals surface area (Å²) in [5, 5.41) is 11.1. The molecule has 0 amide bonds. The average Bonchev–Trinajstić information content (AvgIpc) is 3.50. The minimum absolute atomic E-state index is 0.0426. The van der Waals surface area contributed by atoms with E-state index in [-0.39, 0.29) is 36.3 Å². The second kappa shape index (κ2) is 7.88. The maximum Gasteiger partial charge on any atom is 0.315 e. The Morgan fingerprint density at radius 3 is 2.66 bits per heavy atom. The molecule has 0 aromatic heterocycles. The lowest BCUT2D eigenvalue weighted by molar-refractivity contribution is -0.251. The van der Waals surface area contributed by atoms with Crippen molar-refractivity contribution in [2.75, 3.05) is 13.2 Å². The number of allylic oxidation sites excluding steroid dienone is 1. The maximum absolute atomic E-state index is 13.5. The fourth-order valence-electron chi connectivity index (χ4n) is 10.3. The first-order chi connectivity index (χ1) is 16.6. The SMILES string of the molecule is CC(C)C1=C[C@H]2C[C@]3(C=O)[C@@H]4CC[C@@H](C)[C@H]4CC2(CO[C@H]2C[C@H]4[C@H](OC[C@H]4C)[C@@H](C)O2)C13C(=O)O. The highest BCUT2D eigenvalue weighted by Crippen LogP contribution is 2.82. The van der Waals surface area contributed by atoms with E-state index in [4.69, 9.17) is 14.2 Å². The van der Waals surface area contributed by atoms with Gasteiger partial charge in [0.2, 0.25) is 0 Å². The molecule has 6 heteroatoms. The number of carbonyl (C=O) groups excluding carboxylic acids is 1. The largest absolute Gasteiger partial charge is 0.481 e. The molecule has 6 aliphatic rings. The molecule has 2 aliphatic heterocycles. The van der Waals surface area contributed by atoms with Gasteiger partial charge in [-0.2, -0.15) is 0 Å². The van der Waals surface area contributed by atoms with Crippen molar-refractivity contribution in [3.63, 3.8) is 0 Å². The van der Waals surface area contributed by atoms with Gasteiger partial charge in [-0.25, -0.2) is 0 Å². The molecule has 4 bridgehead atoms. The van der Waals surface area contributed by atoms with Gasteiger partial charge in [-0.1, -0.05) is 45.8 Å². The Kier molecular flexibility index (Phi) is 5.43. The highest BCUT2D eigenvalue weighted by atomic mass is 16.7. The van der Waals surface area contributed by atoms with Crippen molar-refractivity contribution < 1.29 is 28.9 Å². The molecule has 4 aliphatic carbocycles. The Labute approximate surface area is 209 Å². The third kappa shape index (κ3) is 2.77. The summed E-state index contributed by atoms with van der Waals surface area (Å²) in [5.74, 6) is 1.22. The summed E-state index contributed by atoms with van der Waals surface area (Å²) in [6.45, 7) is 11.9.